The van der Waals surface area contributed by atoms with Crippen LogP contribution >= 0.6 is 11.6 Å². The Morgan fingerprint density at radius 1 is 1.25 bits per heavy atom. The van der Waals surface area contributed by atoms with Gasteiger partial charge in [-0.15, -0.1) is 0 Å². The molecule has 9 heteroatoms. The van der Waals surface area contributed by atoms with Crippen LogP contribution in [0.25, 0.3) is 17.0 Å². The van der Waals surface area contributed by atoms with E-state index in [1.165, 1.54) is 34.2 Å². The molecule has 0 aliphatic heterocycles. The molecule has 7 nitrogen and oxygen atoms in total. The van der Waals surface area contributed by atoms with E-state index in [1.54, 1.807) is 6.20 Å². The average Bonchev–Trinajstić information content (AvgIpc) is 3.16. The van der Waals surface area contributed by atoms with E-state index in [0.29, 0.717) is 5.76 Å². The summed E-state index contributed by atoms with van der Waals surface area (Å²) in [4.78, 5) is 30.2. The summed E-state index contributed by atoms with van der Waals surface area (Å²) in [7, 11) is 1.50. The molecule has 0 aliphatic carbocycles. The predicted octanol–water partition coefficient (Wildman–Crippen LogP) is 3.08. The van der Waals surface area contributed by atoms with Gasteiger partial charge in [0.1, 0.15) is 11.6 Å². The van der Waals surface area contributed by atoms with Gasteiger partial charge in [-0.05, 0) is 12.1 Å². The van der Waals surface area contributed by atoms with E-state index in [1.807, 2.05) is 20.8 Å². The fourth-order valence-corrected chi connectivity index (χ4v) is 3.30. The Morgan fingerprint density at radius 2 is 1.96 bits per heavy atom. The minimum absolute atomic E-state index is 0.0750. The number of hydrogen-bond acceptors (Lipinski definition) is 4. The molecule has 28 heavy (non-hydrogen) atoms. The average molecular weight is 405 g/mol. The van der Waals surface area contributed by atoms with Crippen LogP contribution in [0.2, 0.25) is 5.02 Å². The van der Waals surface area contributed by atoms with Crippen LogP contribution in [0, 0.1) is 5.82 Å². The van der Waals surface area contributed by atoms with Gasteiger partial charge < -0.3 is 4.42 Å². The van der Waals surface area contributed by atoms with E-state index in [0.717, 1.165) is 4.57 Å². The number of rotatable bonds is 2. The van der Waals surface area contributed by atoms with Crippen molar-refractivity contribution in [2.45, 2.75) is 32.7 Å². The molecule has 0 saturated carbocycles. The highest BCUT2D eigenvalue weighted by molar-refractivity contribution is 6.31. The van der Waals surface area contributed by atoms with Gasteiger partial charge in [-0.2, -0.15) is 4.98 Å². The first-order valence-electron chi connectivity index (χ1n) is 8.64. The van der Waals surface area contributed by atoms with Crippen molar-refractivity contribution < 1.29 is 8.81 Å². The standard InChI is InChI=1S/C19H18ClFN4O3/c1-19(2,3)13-9-24-14-15(22-17(24)28-13)23(4)18(27)25(16(14)26)8-10-11(20)6-5-7-12(10)21/h5-7,9H,8H2,1-4H3. The van der Waals surface area contributed by atoms with Gasteiger partial charge >= 0.3 is 11.5 Å². The molecule has 0 amide bonds. The molecule has 0 aliphatic rings. The lowest BCUT2D eigenvalue weighted by atomic mass is 9.94. The summed E-state index contributed by atoms with van der Waals surface area (Å²) >= 11 is 6.07. The van der Waals surface area contributed by atoms with Crippen LogP contribution in [0.1, 0.15) is 32.1 Å². The number of fused-ring (bicyclic) bond motifs is 3. The number of imidazole rings is 1. The van der Waals surface area contributed by atoms with Gasteiger partial charge in [0.05, 0.1) is 12.7 Å². The van der Waals surface area contributed by atoms with E-state index in [9.17, 15) is 14.0 Å². The summed E-state index contributed by atoms with van der Waals surface area (Å²) in [5, 5.41) is 0.144. The second kappa shape index (κ2) is 6.07. The van der Waals surface area contributed by atoms with Crippen molar-refractivity contribution >= 4 is 28.6 Å². The maximum Gasteiger partial charge on any atom is 0.332 e. The third-order valence-corrected chi connectivity index (χ3v) is 5.06. The van der Waals surface area contributed by atoms with Crippen molar-refractivity contribution in [3.05, 3.63) is 67.4 Å². The summed E-state index contributed by atoms with van der Waals surface area (Å²) < 4.78 is 23.7. The molecule has 4 rings (SSSR count). The number of hydrogen-bond donors (Lipinski definition) is 0. The van der Waals surface area contributed by atoms with Crippen molar-refractivity contribution in [2.24, 2.45) is 7.05 Å². The lowest BCUT2D eigenvalue weighted by molar-refractivity contribution is 0.425. The van der Waals surface area contributed by atoms with Crippen LogP contribution in [-0.4, -0.2) is 18.5 Å². The van der Waals surface area contributed by atoms with E-state index >= 15 is 0 Å². The highest BCUT2D eigenvalue weighted by Crippen LogP contribution is 2.26. The highest BCUT2D eigenvalue weighted by atomic mass is 35.5. The first kappa shape index (κ1) is 18.5. The van der Waals surface area contributed by atoms with Crippen molar-refractivity contribution in [3.8, 4) is 0 Å². The van der Waals surface area contributed by atoms with Crippen LogP contribution in [0.15, 0.2) is 38.4 Å². The molecule has 0 radical (unpaired) electrons. The second-order valence-electron chi connectivity index (χ2n) is 7.72. The number of oxazole rings is 1. The zero-order valence-electron chi connectivity index (χ0n) is 15.8. The van der Waals surface area contributed by atoms with Crippen molar-refractivity contribution in [3.63, 3.8) is 0 Å². The van der Waals surface area contributed by atoms with Crippen LogP contribution in [0.5, 0.6) is 0 Å². The van der Waals surface area contributed by atoms with Gasteiger partial charge in [0.15, 0.2) is 11.2 Å². The molecule has 146 valence electrons. The molecule has 3 aromatic heterocycles. The summed E-state index contributed by atoms with van der Waals surface area (Å²) in [5.74, 6) is 0.279. The first-order chi connectivity index (χ1) is 13.1. The molecule has 0 unspecified atom stereocenters. The van der Waals surface area contributed by atoms with Crippen LogP contribution in [-0.2, 0) is 19.0 Å². The largest absolute Gasteiger partial charge is 0.428 e. The summed E-state index contributed by atoms with van der Waals surface area (Å²) in [6, 6.07) is 4.21. The van der Waals surface area contributed by atoms with Gasteiger partial charge in [0.2, 0.25) is 0 Å². The number of halogens is 2. The molecule has 0 saturated heterocycles. The van der Waals surface area contributed by atoms with Gasteiger partial charge in [0.25, 0.3) is 5.56 Å². The minimum atomic E-state index is -0.617. The zero-order valence-corrected chi connectivity index (χ0v) is 16.5. The molecule has 0 fully saturated rings. The van der Waals surface area contributed by atoms with E-state index in [-0.39, 0.29) is 39.6 Å². The Balaban J connectivity index is 2.02. The Kier molecular flexibility index (Phi) is 4.01. The molecule has 0 atom stereocenters. The fraction of sp³-hybridized carbons (Fsp3) is 0.316. The molecule has 0 bridgehead atoms. The monoisotopic (exact) mass is 404 g/mol. The van der Waals surface area contributed by atoms with Crippen molar-refractivity contribution in [1.29, 1.82) is 0 Å². The summed E-state index contributed by atoms with van der Waals surface area (Å²) in [5.41, 5.74) is -1.03. The SMILES string of the molecule is Cn1c(=O)n(Cc2c(F)cccc2Cl)c(=O)c2c1nc1oc(C(C)(C)C)cn12. The first-order valence-corrected chi connectivity index (χ1v) is 9.02. The molecular formula is C19H18ClFN4O3. The van der Waals surface area contributed by atoms with Gasteiger partial charge in [-0.25, -0.2) is 9.18 Å². The van der Waals surface area contributed by atoms with Crippen LogP contribution in [0.3, 0.4) is 0 Å². The maximum absolute atomic E-state index is 14.2. The van der Waals surface area contributed by atoms with E-state index < -0.39 is 17.1 Å². The van der Waals surface area contributed by atoms with Crippen molar-refractivity contribution in [2.75, 3.05) is 0 Å². The Labute approximate surface area is 163 Å². The van der Waals surface area contributed by atoms with Gasteiger partial charge in [-0.1, -0.05) is 38.4 Å². The number of benzene rings is 1. The lowest BCUT2D eigenvalue weighted by Gasteiger charge is -2.13. The summed E-state index contributed by atoms with van der Waals surface area (Å²) in [6.45, 7) is 5.63. The molecular weight excluding hydrogens is 387 g/mol. The third kappa shape index (κ3) is 2.67. The quantitative estimate of drug-likeness (QED) is 0.514. The molecule has 3 heterocycles. The van der Waals surface area contributed by atoms with E-state index in [2.05, 4.69) is 4.98 Å². The fourth-order valence-electron chi connectivity index (χ4n) is 3.08. The van der Waals surface area contributed by atoms with Crippen LogP contribution in [0.4, 0.5) is 4.39 Å². The minimum Gasteiger partial charge on any atom is -0.428 e. The molecule has 1 aromatic carbocycles. The van der Waals surface area contributed by atoms with Gasteiger partial charge in [0, 0.05) is 23.0 Å². The Morgan fingerprint density at radius 3 is 2.61 bits per heavy atom. The lowest BCUT2D eigenvalue weighted by Crippen LogP contribution is -2.39. The summed E-state index contributed by atoms with van der Waals surface area (Å²) in [6.07, 6.45) is 1.69. The predicted molar refractivity (Wildman–Crippen MR) is 104 cm³/mol. The number of nitrogens with zero attached hydrogens (tertiary/aromatic N) is 4. The van der Waals surface area contributed by atoms with Crippen molar-refractivity contribution in [1.82, 2.24) is 18.5 Å². The van der Waals surface area contributed by atoms with E-state index in [4.69, 9.17) is 16.0 Å². The Bertz CT molecular complexity index is 1330. The molecule has 0 spiro atoms. The number of aromatic nitrogens is 4. The molecule has 0 N–H and O–H groups in total. The normalized spacial score (nSPS) is 12.4. The second-order valence-corrected chi connectivity index (χ2v) is 8.12. The number of aryl methyl sites for hydroxylation is 1. The zero-order chi connectivity index (χ0) is 20.4. The van der Waals surface area contributed by atoms with Crippen LogP contribution < -0.4 is 11.2 Å². The Hall–Kier alpha value is -2.87. The molecule has 4 aromatic rings. The van der Waals surface area contributed by atoms with Gasteiger partial charge in [-0.3, -0.25) is 18.3 Å². The third-order valence-electron chi connectivity index (χ3n) is 4.71. The smallest absolute Gasteiger partial charge is 0.332 e. The maximum atomic E-state index is 14.2. The highest BCUT2D eigenvalue weighted by Gasteiger charge is 2.24. The topological polar surface area (TPSA) is 74.4 Å².